The highest BCUT2D eigenvalue weighted by Gasteiger charge is 2.23. The van der Waals surface area contributed by atoms with Crippen LogP contribution >= 0.6 is 11.8 Å². The van der Waals surface area contributed by atoms with Crippen LogP contribution in [0.5, 0.6) is 0 Å². The number of nitrogens with one attached hydrogen (secondary N) is 1. The number of aryl methyl sites for hydroxylation is 1. The average molecular weight is 366 g/mol. The molecule has 0 unspecified atom stereocenters. The van der Waals surface area contributed by atoms with Gasteiger partial charge in [0.05, 0.1) is 10.6 Å². The minimum atomic E-state index is -0.103. The molecule has 0 bridgehead atoms. The molecule has 1 heterocycles. The third-order valence-electron chi connectivity index (χ3n) is 4.23. The van der Waals surface area contributed by atoms with E-state index in [4.69, 9.17) is 0 Å². The first-order chi connectivity index (χ1) is 12.6. The van der Waals surface area contributed by atoms with Gasteiger partial charge < -0.3 is 10.2 Å². The highest BCUT2D eigenvalue weighted by atomic mass is 32.2. The summed E-state index contributed by atoms with van der Waals surface area (Å²) in [5.74, 6) is -0.103. The number of carbonyl (C=O) groups excluding carboxylic acids is 1. The molecule has 0 aromatic heterocycles. The molecule has 4 nitrogen and oxygen atoms in total. The van der Waals surface area contributed by atoms with Crippen molar-refractivity contribution in [2.75, 3.05) is 18.0 Å². The highest BCUT2D eigenvalue weighted by Crippen LogP contribution is 2.28. The van der Waals surface area contributed by atoms with Gasteiger partial charge in [-0.3, -0.25) is 4.79 Å². The monoisotopic (exact) mass is 365 g/mol. The Morgan fingerprint density at radius 1 is 1.04 bits per heavy atom. The molecule has 134 valence electrons. The van der Waals surface area contributed by atoms with Gasteiger partial charge in [-0.25, -0.2) is 4.99 Å². The average Bonchev–Trinajstić information content (AvgIpc) is 2.98. The molecule has 26 heavy (non-hydrogen) atoms. The number of nitrogens with zero attached hydrogens (tertiary/aromatic N) is 2. The van der Waals surface area contributed by atoms with Gasteiger partial charge in [-0.1, -0.05) is 29.8 Å². The van der Waals surface area contributed by atoms with E-state index >= 15 is 0 Å². The normalized spacial score (nSPS) is 17.0. The van der Waals surface area contributed by atoms with E-state index in [-0.39, 0.29) is 5.91 Å². The second-order valence-electron chi connectivity index (χ2n) is 6.08. The summed E-state index contributed by atoms with van der Waals surface area (Å²) in [5.41, 5.74) is 4.23. The van der Waals surface area contributed by atoms with E-state index in [9.17, 15) is 4.79 Å². The maximum Gasteiger partial charge on any atom is 0.264 e. The molecule has 5 heteroatoms. The lowest BCUT2D eigenvalue weighted by Crippen LogP contribution is -2.21. The molecule has 1 aliphatic rings. The maximum atomic E-state index is 12.2. The molecule has 1 saturated heterocycles. The number of rotatable bonds is 5. The first kappa shape index (κ1) is 18.3. The Kier molecular flexibility index (Phi) is 5.78. The van der Waals surface area contributed by atoms with Crippen molar-refractivity contribution < 1.29 is 4.79 Å². The lowest BCUT2D eigenvalue weighted by molar-refractivity contribution is -0.115. The van der Waals surface area contributed by atoms with Crippen LogP contribution in [-0.2, 0) is 4.79 Å². The van der Waals surface area contributed by atoms with Crippen molar-refractivity contribution in [3.8, 4) is 0 Å². The Hall–Kier alpha value is -2.53. The fourth-order valence-electron chi connectivity index (χ4n) is 2.74. The lowest BCUT2D eigenvalue weighted by Gasteiger charge is -2.20. The van der Waals surface area contributed by atoms with Crippen LogP contribution in [0.25, 0.3) is 6.08 Å². The van der Waals surface area contributed by atoms with Gasteiger partial charge in [0.15, 0.2) is 5.17 Å². The van der Waals surface area contributed by atoms with Crippen LogP contribution in [0.2, 0.25) is 0 Å². The summed E-state index contributed by atoms with van der Waals surface area (Å²) in [7, 11) is 0. The molecule has 0 radical (unpaired) electrons. The van der Waals surface area contributed by atoms with Crippen LogP contribution in [0.4, 0.5) is 11.4 Å². The lowest BCUT2D eigenvalue weighted by atomic mass is 10.1. The Labute approximate surface area is 159 Å². The second kappa shape index (κ2) is 8.23. The molecule has 0 atom stereocenters. The molecule has 1 amide bonds. The van der Waals surface area contributed by atoms with Crippen LogP contribution in [-0.4, -0.2) is 24.2 Å². The van der Waals surface area contributed by atoms with E-state index in [1.54, 1.807) is 0 Å². The molecular formula is C21H23N3OS. The predicted octanol–water partition coefficient (Wildman–Crippen LogP) is 4.73. The SMILES string of the molecule is CCN(CC)c1ccc(N=C2NC(=O)/C(=C/c3ccc(C)cc3)S2)cc1. The zero-order valence-electron chi connectivity index (χ0n) is 15.3. The molecule has 0 aliphatic carbocycles. The minimum absolute atomic E-state index is 0.103. The Morgan fingerprint density at radius 2 is 1.69 bits per heavy atom. The zero-order valence-corrected chi connectivity index (χ0v) is 16.1. The van der Waals surface area contributed by atoms with Gasteiger partial charge in [-0.05, 0) is 68.4 Å². The van der Waals surface area contributed by atoms with Gasteiger partial charge in [0.2, 0.25) is 0 Å². The van der Waals surface area contributed by atoms with Crippen molar-refractivity contribution >= 4 is 40.3 Å². The number of thioether (sulfide) groups is 1. The van der Waals surface area contributed by atoms with Crippen molar-refractivity contribution in [2.24, 2.45) is 4.99 Å². The summed E-state index contributed by atoms with van der Waals surface area (Å²) >= 11 is 1.37. The molecule has 1 aliphatic heterocycles. The van der Waals surface area contributed by atoms with Crippen molar-refractivity contribution in [1.29, 1.82) is 0 Å². The number of hydrogen-bond donors (Lipinski definition) is 1. The topological polar surface area (TPSA) is 44.7 Å². The number of anilines is 1. The van der Waals surface area contributed by atoms with Gasteiger partial charge in [-0.2, -0.15) is 0 Å². The van der Waals surface area contributed by atoms with E-state index in [0.29, 0.717) is 10.1 Å². The number of hydrogen-bond acceptors (Lipinski definition) is 4. The molecule has 0 saturated carbocycles. The summed E-state index contributed by atoms with van der Waals surface area (Å²) in [5, 5.41) is 3.45. The minimum Gasteiger partial charge on any atom is -0.372 e. The largest absolute Gasteiger partial charge is 0.372 e. The van der Waals surface area contributed by atoms with Crippen molar-refractivity contribution in [3.05, 3.63) is 64.6 Å². The van der Waals surface area contributed by atoms with E-state index < -0.39 is 0 Å². The standard InChI is InChI=1S/C21H23N3OS/c1-4-24(5-2)18-12-10-17(11-13-18)22-21-23-20(25)19(26-21)14-16-8-6-15(3)7-9-16/h6-14H,4-5H2,1-3H3,(H,22,23,25)/b19-14-. The predicted molar refractivity (Wildman–Crippen MR) is 112 cm³/mol. The number of benzene rings is 2. The fraction of sp³-hybridized carbons (Fsp3) is 0.238. The highest BCUT2D eigenvalue weighted by molar-refractivity contribution is 8.18. The fourth-order valence-corrected chi connectivity index (χ4v) is 3.58. The third kappa shape index (κ3) is 4.35. The smallest absolute Gasteiger partial charge is 0.264 e. The Bertz CT molecular complexity index is 835. The first-order valence-corrected chi connectivity index (χ1v) is 9.62. The second-order valence-corrected chi connectivity index (χ2v) is 7.11. The molecule has 0 spiro atoms. The quantitative estimate of drug-likeness (QED) is 0.779. The van der Waals surface area contributed by atoms with Crippen LogP contribution in [0.1, 0.15) is 25.0 Å². The van der Waals surface area contributed by atoms with E-state index in [2.05, 4.69) is 41.2 Å². The summed E-state index contributed by atoms with van der Waals surface area (Å²) < 4.78 is 0. The van der Waals surface area contributed by atoms with Crippen LogP contribution < -0.4 is 10.2 Å². The number of carbonyl (C=O) groups is 1. The van der Waals surface area contributed by atoms with Crippen LogP contribution in [0, 0.1) is 6.92 Å². The molecule has 2 aromatic carbocycles. The summed E-state index contributed by atoms with van der Waals surface area (Å²) in [6.07, 6.45) is 1.89. The van der Waals surface area contributed by atoms with Gasteiger partial charge >= 0.3 is 0 Å². The zero-order chi connectivity index (χ0) is 18.5. The molecule has 3 rings (SSSR count). The van der Waals surface area contributed by atoms with Gasteiger partial charge in [0.25, 0.3) is 5.91 Å². The Morgan fingerprint density at radius 3 is 2.31 bits per heavy atom. The number of aliphatic imine (C=N–C) groups is 1. The molecule has 1 fully saturated rings. The summed E-state index contributed by atoms with van der Waals surface area (Å²) in [6, 6.07) is 16.2. The third-order valence-corrected chi connectivity index (χ3v) is 5.14. The van der Waals surface area contributed by atoms with Crippen LogP contribution in [0.3, 0.4) is 0 Å². The van der Waals surface area contributed by atoms with Crippen molar-refractivity contribution in [3.63, 3.8) is 0 Å². The van der Waals surface area contributed by atoms with Crippen molar-refractivity contribution in [2.45, 2.75) is 20.8 Å². The number of amides is 1. The first-order valence-electron chi connectivity index (χ1n) is 8.80. The van der Waals surface area contributed by atoms with Gasteiger partial charge in [0.1, 0.15) is 0 Å². The van der Waals surface area contributed by atoms with E-state index in [1.165, 1.54) is 23.0 Å². The molecule has 2 aromatic rings. The molecular weight excluding hydrogens is 342 g/mol. The summed E-state index contributed by atoms with van der Waals surface area (Å²) in [4.78, 5) is 19.7. The number of amidine groups is 1. The van der Waals surface area contributed by atoms with Gasteiger partial charge in [-0.15, -0.1) is 0 Å². The molecule has 1 N–H and O–H groups in total. The van der Waals surface area contributed by atoms with E-state index in [1.807, 2.05) is 49.4 Å². The van der Waals surface area contributed by atoms with Crippen molar-refractivity contribution in [1.82, 2.24) is 5.32 Å². The summed E-state index contributed by atoms with van der Waals surface area (Å²) in [6.45, 7) is 8.28. The maximum absolute atomic E-state index is 12.2. The van der Waals surface area contributed by atoms with Crippen LogP contribution in [0.15, 0.2) is 58.4 Å². The van der Waals surface area contributed by atoms with Gasteiger partial charge in [0, 0.05) is 18.8 Å². The Balaban J connectivity index is 1.74. The van der Waals surface area contributed by atoms with E-state index in [0.717, 1.165) is 24.3 Å².